The minimum Gasteiger partial charge on any atom is -0.358 e. The van der Waals surface area contributed by atoms with Crippen LogP contribution in [0.25, 0.3) is 0 Å². The SMILES string of the molecule is CN1CCN(C(=N)C(C)(C)C)CC1. The van der Waals surface area contributed by atoms with Crippen molar-refractivity contribution in [2.24, 2.45) is 5.41 Å². The van der Waals surface area contributed by atoms with E-state index in [1.165, 1.54) is 0 Å². The second-order valence-electron chi connectivity index (χ2n) is 4.89. The first-order valence-corrected chi connectivity index (χ1v) is 4.94. The quantitative estimate of drug-likeness (QED) is 0.452. The Bertz CT molecular complexity index is 185. The molecule has 13 heavy (non-hydrogen) atoms. The Labute approximate surface area is 81.2 Å². The van der Waals surface area contributed by atoms with E-state index in [2.05, 4.69) is 37.6 Å². The zero-order chi connectivity index (χ0) is 10.1. The Balaban J connectivity index is 2.50. The molecule has 1 fully saturated rings. The molecule has 1 heterocycles. The molecule has 0 amide bonds. The van der Waals surface area contributed by atoms with Crippen molar-refractivity contribution in [2.75, 3.05) is 33.2 Å². The molecule has 0 aromatic rings. The van der Waals surface area contributed by atoms with Gasteiger partial charge >= 0.3 is 0 Å². The highest BCUT2D eigenvalue weighted by atomic mass is 15.3. The number of nitrogens with one attached hydrogen (secondary N) is 1. The number of nitrogens with zero attached hydrogens (tertiary/aromatic N) is 2. The van der Waals surface area contributed by atoms with Gasteiger partial charge in [0.15, 0.2) is 0 Å². The van der Waals surface area contributed by atoms with E-state index >= 15 is 0 Å². The van der Waals surface area contributed by atoms with Crippen molar-refractivity contribution < 1.29 is 0 Å². The van der Waals surface area contributed by atoms with Crippen LogP contribution in [0.2, 0.25) is 0 Å². The number of piperazine rings is 1. The molecule has 76 valence electrons. The lowest BCUT2D eigenvalue weighted by Crippen LogP contribution is -2.50. The maximum atomic E-state index is 8.01. The molecule has 3 nitrogen and oxygen atoms in total. The normalized spacial score (nSPS) is 20.5. The number of likely N-dealkylation sites (N-methyl/N-ethyl adjacent to an activating group) is 1. The van der Waals surface area contributed by atoms with Gasteiger partial charge < -0.3 is 9.80 Å². The molecule has 0 unspecified atom stereocenters. The van der Waals surface area contributed by atoms with E-state index in [4.69, 9.17) is 5.41 Å². The van der Waals surface area contributed by atoms with Crippen molar-refractivity contribution in [2.45, 2.75) is 20.8 Å². The predicted molar refractivity (Wildman–Crippen MR) is 56.3 cm³/mol. The fourth-order valence-corrected chi connectivity index (χ4v) is 1.50. The standard InChI is InChI=1S/C10H21N3/c1-10(2,3)9(11)13-7-5-12(4)6-8-13/h11H,5-8H2,1-4H3. The summed E-state index contributed by atoms with van der Waals surface area (Å²) in [7, 11) is 2.14. The Morgan fingerprint density at radius 2 is 1.54 bits per heavy atom. The molecule has 1 rings (SSSR count). The molecule has 0 aromatic carbocycles. The Morgan fingerprint density at radius 3 is 1.92 bits per heavy atom. The van der Waals surface area contributed by atoms with Gasteiger partial charge in [-0.3, -0.25) is 5.41 Å². The third kappa shape index (κ3) is 2.69. The first-order valence-electron chi connectivity index (χ1n) is 4.94. The van der Waals surface area contributed by atoms with Gasteiger partial charge in [-0.15, -0.1) is 0 Å². The molecule has 0 atom stereocenters. The van der Waals surface area contributed by atoms with Crippen molar-refractivity contribution in [3.63, 3.8) is 0 Å². The molecule has 1 aliphatic heterocycles. The molecule has 0 radical (unpaired) electrons. The van der Waals surface area contributed by atoms with Crippen LogP contribution in [-0.2, 0) is 0 Å². The molecule has 0 bridgehead atoms. The van der Waals surface area contributed by atoms with E-state index < -0.39 is 0 Å². The Morgan fingerprint density at radius 1 is 1.08 bits per heavy atom. The van der Waals surface area contributed by atoms with Gasteiger partial charge in [0.2, 0.25) is 0 Å². The fourth-order valence-electron chi connectivity index (χ4n) is 1.50. The topological polar surface area (TPSA) is 30.3 Å². The van der Waals surface area contributed by atoms with Crippen LogP contribution >= 0.6 is 0 Å². The third-order valence-corrected chi connectivity index (χ3v) is 2.53. The summed E-state index contributed by atoms with van der Waals surface area (Å²) in [6, 6.07) is 0. The summed E-state index contributed by atoms with van der Waals surface area (Å²) >= 11 is 0. The largest absolute Gasteiger partial charge is 0.358 e. The molecule has 1 saturated heterocycles. The first kappa shape index (κ1) is 10.5. The van der Waals surface area contributed by atoms with Crippen LogP contribution in [0.4, 0.5) is 0 Å². The van der Waals surface area contributed by atoms with Gasteiger partial charge in [-0.2, -0.15) is 0 Å². The fraction of sp³-hybridized carbons (Fsp3) is 0.900. The van der Waals surface area contributed by atoms with E-state index in [9.17, 15) is 0 Å². The average molecular weight is 183 g/mol. The predicted octanol–water partition coefficient (Wildman–Crippen LogP) is 1.26. The molecule has 1 N–H and O–H groups in total. The van der Waals surface area contributed by atoms with Crippen LogP contribution < -0.4 is 0 Å². The number of hydrogen-bond acceptors (Lipinski definition) is 2. The van der Waals surface area contributed by atoms with Crippen LogP contribution in [-0.4, -0.2) is 48.9 Å². The minimum absolute atomic E-state index is 0.00406. The van der Waals surface area contributed by atoms with Crippen LogP contribution in [0.15, 0.2) is 0 Å². The smallest absolute Gasteiger partial charge is 0.101 e. The Hall–Kier alpha value is -0.570. The monoisotopic (exact) mass is 183 g/mol. The maximum Gasteiger partial charge on any atom is 0.101 e. The van der Waals surface area contributed by atoms with E-state index in [1.807, 2.05) is 0 Å². The highest BCUT2D eigenvalue weighted by Gasteiger charge is 2.25. The molecule has 0 aliphatic carbocycles. The molecule has 1 aliphatic rings. The average Bonchev–Trinajstić information content (AvgIpc) is 2.03. The number of amidine groups is 1. The van der Waals surface area contributed by atoms with Gasteiger partial charge in [-0.25, -0.2) is 0 Å². The summed E-state index contributed by atoms with van der Waals surface area (Å²) in [6.07, 6.45) is 0. The Kier molecular flexibility index (Phi) is 2.96. The van der Waals surface area contributed by atoms with E-state index in [0.29, 0.717) is 0 Å². The summed E-state index contributed by atoms with van der Waals surface area (Å²) in [6.45, 7) is 10.5. The third-order valence-electron chi connectivity index (χ3n) is 2.53. The van der Waals surface area contributed by atoms with Crippen LogP contribution in [0.5, 0.6) is 0 Å². The van der Waals surface area contributed by atoms with Gasteiger partial charge in [0, 0.05) is 31.6 Å². The number of hydrogen-bond donors (Lipinski definition) is 1. The highest BCUT2D eigenvalue weighted by Crippen LogP contribution is 2.18. The van der Waals surface area contributed by atoms with Crippen LogP contribution in [0.3, 0.4) is 0 Å². The summed E-state index contributed by atoms with van der Waals surface area (Å²) in [5.74, 6) is 0.778. The molecule has 0 spiro atoms. The summed E-state index contributed by atoms with van der Waals surface area (Å²) in [4.78, 5) is 4.51. The van der Waals surface area contributed by atoms with Crippen molar-refractivity contribution in [3.8, 4) is 0 Å². The lowest BCUT2D eigenvalue weighted by molar-refractivity contribution is 0.204. The summed E-state index contributed by atoms with van der Waals surface area (Å²) in [5.41, 5.74) is -0.00406. The van der Waals surface area contributed by atoms with E-state index in [-0.39, 0.29) is 5.41 Å². The maximum absolute atomic E-state index is 8.01. The zero-order valence-electron chi connectivity index (χ0n) is 9.22. The zero-order valence-corrected chi connectivity index (χ0v) is 9.22. The molecule has 0 aromatic heterocycles. The van der Waals surface area contributed by atoms with Crippen LogP contribution in [0.1, 0.15) is 20.8 Å². The van der Waals surface area contributed by atoms with E-state index in [0.717, 1.165) is 32.0 Å². The lowest BCUT2D eigenvalue weighted by atomic mass is 9.94. The molecule has 0 saturated carbocycles. The van der Waals surface area contributed by atoms with Gasteiger partial charge in [-0.1, -0.05) is 20.8 Å². The molecule has 3 heteroatoms. The number of rotatable bonds is 0. The van der Waals surface area contributed by atoms with Crippen molar-refractivity contribution >= 4 is 5.84 Å². The summed E-state index contributed by atoms with van der Waals surface area (Å²) in [5, 5.41) is 8.01. The molecular weight excluding hydrogens is 162 g/mol. The van der Waals surface area contributed by atoms with Gasteiger partial charge in [0.25, 0.3) is 0 Å². The van der Waals surface area contributed by atoms with Crippen molar-refractivity contribution in [3.05, 3.63) is 0 Å². The van der Waals surface area contributed by atoms with Gasteiger partial charge in [0.1, 0.15) is 5.84 Å². The first-order chi connectivity index (χ1) is 5.91. The van der Waals surface area contributed by atoms with Gasteiger partial charge in [0.05, 0.1) is 0 Å². The van der Waals surface area contributed by atoms with Gasteiger partial charge in [-0.05, 0) is 7.05 Å². The summed E-state index contributed by atoms with van der Waals surface area (Å²) < 4.78 is 0. The van der Waals surface area contributed by atoms with Crippen molar-refractivity contribution in [1.82, 2.24) is 9.80 Å². The highest BCUT2D eigenvalue weighted by molar-refractivity contribution is 5.84. The molecular formula is C10H21N3. The second kappa shape index (κ2) is 3.66. The van der Waals surface area contributed by atoms with E-state index in [1.54, 1.807) is 0 Å². The second-order valence-corrected chi connectivity index (χ2v) is 4.89. The van der Waals surface area contributed by atoms with Crippen LogP contribution in [0, 0.1) is 10.8 Å². The van der Waals surface area contributed by atoms with Crippen molar-refractivity contribution in [1.29, 1.82) is 5.41 Å². The minimum atomic E-state index is -0.00406. The lowest BCUT2D eigenvalue weighted by Gasteiger charge is -2.38.